The predicted octanol–water partition coefficient (Wildman–Crippen LogP) is 2.17. The van der Waals surface area contributed by atoms with Gasteiger partial charge in [-0.25, -0.2) is 0 Å². The number of nitrogens with zero attached hydrogens (tertiary/aromatic N) is 2. The van der Waals surface area contributed by atoms with E-state index in [2.05, 4.69) is 10.4 Å². The van der Waals surface area contributed by atoms with Crippen molar-refractivity contribution in [1.29, 1.82) is 0 Å². The molecule has 1 amide bonds. The molecular formula is C14H19N3O3S. The number of carboxylic acids is 1. The highest BCUT2D eigenvalue weighted by Gasteiger charge is 2.15. The van der Waals surface area contributed by atoms with Crippen molar-refractivity contribution in [2.75, 3.05) is 6.54 Å². The topological polar surface area (TPSA) is 84.2 Å². The van der Waals surface area contributed by atoms with Crippen LogP contribution in [-0.2, 0) is 11.8 Å². The van der Waals surface area contributed by atoms with E-state index in [9.17, 15) is 9.59 Å². The maximum absolute atomic E-state index is 12.1. The molecule has 0 saturated carbocycles. The molecular weight excluding hydrogens is 290 g/mol. The van der Waals surface area contributed by atoms with Gasteiger partial charge in [0.1, 0.15) is 4.83 Å². The summed E-state index contributed by atoms with van der Waals surface area (Å²) in [5.41, 5.74) is 0.915. The van der Waals surface area contributed by atoms with Crippen molar-refractivity contribution in [3.05, 3.63) is 16.6 Å². The van der Waals surface area contributed by atoms with Crippen LogP contribution in [0.15, 0.2) is 6.07 Å². The Balaban J connectivity index is 1.90. The van der Waals surface area contributed by atoms with Crippen molar-refractivity contribution >= 4 is 33.4 Å². The van der Waals surface area contributed by atoms with E-state index < -0.39 is 5.97 Å². The highest BCUT2D eigenvalue weighted by atomic mass is 32.1. The molecule has 2 rings (SSSR count). The van der Waals surface area contributed by atoms with Crippen molar-refractivity contribution in [2.24, 2.45) is 13.0 Å². The number of carbonyl (C=O) groups excluding carboxylic acids is 1. The first-order chi connectivity index (χ1) is 9.90. The lowest BCUT2D eigenvalue weighted by Gasteiger charge is -2.06. The lowest BCUT2D eigenvalue weighted by atomic mass is 10.1. The van der Waals surface area contributed by atoms with Gasteiger partial charge in [0, 0.05) is 19.0 Å². The third-order valence-corrected chi connectivity index (χ3v) is 4.64. The van der Waals surface area contributed by atoms with Gasteiger partial charge >= 0.3 is 5.97 Å². The highest BCUT2D eigenvalue weighted by Crippen LogP contribution is 2.27. The number of aromatic nitrogens is 2. The molecule has 0 spiro atoms. The van der Waals surface area contributed by atoms with Gasteiger partial charge in [-0.3, -0.25) is 14.3 Å². The number of hydrogen-bond acceptors (Lipinski definition) is 4. The van der Waals surface area contributed by atoms with E-state index in [1.54, 1.807) is 11.6 Å². The molecule has 2 aromatic rings. The van der Waals surface area contributed by atoms with E-state index in [1.807, 2.05) is 20.0 Å². The fourth-order valence-electron chi connectivity index (χ4n) is 2.14. The Morgan fingerprint density at radius 3 is 2.86 bits per heavy atom. The summed E-state index contributed by atoms with van der Waals surface area (Å²) in [6.45, 7) is 4.08. The second-order valence-electron chi connectivity index (χ2n) is 5.18. The summed E-state index contributed by atoms with van der Waals surface area (Å²) >= 11 is 1.42. The number of aliphatic carboxylic acids is 1. The Hall–Kier alpha value is -1.89. The SMILES string of the molecule is Cc1nn(C)c2sc(C(=O)NCCCC(C)C(=O)O)cc12. The summed E-state index contributed by atoms with van der Waals surface area (Å²) in [6.07, 6.45) is 1.22. The molecule has 21 heavy (non-hydrogen) atoms. The molecule has 0 aliphatic carbocycles. The monoisotopic (exact) mass is 309 g/mol. The molecule has 0 aromatic carbocycles. The molecule has 0 radical (unpaired) electrons. The van der Waals surface area contributed by atoms with E-state index in [-0.39, 0.29) is 11.8 Å². The van der Waals surface area contributed by atoms with Gasteiger partial charge in [-0.15, -0.1) is 11.3 Å². The van der Waals surface area contributed by atoms with Crippen LogP contribution in [-0.4, -0.2) is 33.3 Å². The van der Waals surface area contributed by atoms with E-state index >= 15 is 0 Å². The average molecular weight is 309 g/mol. The molecule has 0 aliphatic rings. The molecule has 0 fully saturated rings. The smallest absolute Gasteiger partial charge is 0.306 e. The minimum absolute atomic E-state index is 0.112. The Morgan fingerprint density at radius 1 is 1.52 bits per heavy atom. The summed E-state index contributed by atoms with van der Waals surface area (Å²) in [6, 6.07) is 1.86. The van der Waals surface area contributed by atoms with Crippen molar-refractivity contribution in [2.45, 2.75) is 26.7 Å². The quantitative estimate of drug-likeness (QED) is 0.801. The minimum atomic E-state index is -0.797. The zero-order chi connectivity index (χ0) is 15.6. The summed E-state index contributed by atoms with van der Waals surface area (Å²) in [7, 11) is 1.86. The van der Waals surface area contributed by atoms with Crippen molar-refractivity contribution in [3.63, 3.8) is 0 Å². The van der Waals surface area contributed by atoms with E-state index in [0.29, 0.717) is 24.3 Å². The number of hydrogen-bond donors (Lipinski definition) is 2. The molecule has 7 heteroatoms. The standard InChI is InChI=1S/C14H19N3O3S/c1-8(14(19)20)5-4-6-15-12(18)11-7-10-9(2)16-17(3)13(10)21-11/h7-8H,4-6H2,1-3H3,(H,15,18)(H,19,20). The zero-order valence-corrected chi connectivity index (χ0v) is 13.2. The first-order valence-electron chi connectivity index (χ1n) is 6.84. The van der Waals surface area contributed by atoms with Crippen molar-refractivity contribution in [3.8, 4) is 0 Å². The normalized spacial score (nSPS) is 12.5. The summed E-state index contributed by atoms with van der Waals surface area (Å²) in [4.78, 5) is 24.4. The molecule has 2 heterocycles. The van der Waals surface area contributed by atoms with Crippen LogP contribution in [0.3, 0.4) is 0 Å². The van der Waals surface area contributed by atoms with Crippen LogP contribution in [0.5, 0.6) is 0 Å². The van der Waals surface area contributed by atoms with Crippen LogP contribution in [0.25, 0.3) is 10.2 Å². The Labute approximate surface area is 126 Å². The third-order valence-electron chi connectivity index (χ3n) is 3.44. The molecule has 0 aliphatic heterocycles. The van der Waals surface area contributed by atoms with Crippen LogP contribution < -0.4 is 5.32 Å². The van der Waals surface area contributed by atoms with Crippen LogP contribution >= 0.6 is 11.3 Å². The molecule has 1 atom stereocenters. The third kappa shape index (κ3) is 3.41. The summed E-state index contributed by atoms with van der Waals surface area (Å²) < 4.78 is 1.78. The number of nitrogens with one attached hydrogen (secondary N) is 1. The molecule has 2 N–H and O–H groups in total. The fourth-order valence-corrected chi connectivity index (χ4v) is 3.18. The molecule has 0 bridgehead atoms. The second-order valence-corrected chi connectivity index (χ2v) is 6.21. The van der Waals surface area contributed by atoms with Crippen LogP contribution in [0, 0.1) is 12.8 Å². The predicted molar refractivity (Wildman–Crippen MR) is 81.7 cm³/mol. The maximum Gasteiger partial charge on any atom is 0.306 e. The van der Waals surface area contributed by atoms with Gasteiger partial charge in [0.05, 0.1) is 16.5 Å². The van der Waals surface area contributed by atoms with Gasteiger partial charge in [0.2, 0.25) is 0 Å². The Kier molecular flexibility index (Phi) is 4.62. The van der Waals surface area contributed by atoms with Gasteiger partial charge in [-0.05, 0) is 25.8 Å². The lowest BCUT2D eigenvalue weighted by molar-refractivity contribution is -0.141. The van der Waals surface area contributed by atoms with Gasteiger partial charge < -0.3 is 10.4 Å². The molecule has 2 aromatic heterocycles. The number of amides is 1. The van der Waals surface area contributed by atoms with Gasteiger partial charge in [-0.1, -0.05) is 6.92 Å². The number of carboxylic acid groups (broad SMARTS) is 1. The number of carbonyl (C=O) groups is 2. The molecule has 6 nitrogen and oxygen atoms in total. The van der Waals surface area contributed by atoms with E-state index in [4.69, 9.17) is 5.11 Å². The van der Waals surface area contributed by atoms with E-state index in [0.717, 1.165) is 15.9 Å². The highest BCUT2D eigenvalue weighted by molar-refractivity contribution is 7.20. The van der Waals surface area contributed by atoms with Crippen LogP contribution in [0.2, 0.25) is 0 Å². The number of rotatable bonds is 6. The Bertz CT molecular complexity index is 640. The lowest BCUT2D eigenvalue weighted by Crippen LogP contribution is -2.24. The Morgan fingerprint density at radius 2 is 2.24 bits per heavy atom. The van der Waals surface area contributed by atoms with Gasteiger partial charge in [-0.2, -0.15) is 5.10 Å². The largest absolute Gasteiger partial charge is 0.481 e. The van der Waals surface area contributed by atoms with Gasteiger partial charge in [0.25, 0.3) is 5.91 Å². The first kappa shape index (κ1) is 15.5. The van der Waals surface area contributed by atoms with Crippen LogP contribution in [0.1, 0.15) is 35.1 Å². The molecule has 1 unspecified atom stereocenters. The van der Waals surface area contributed by atoms with E-state index in [1.165, 1.54) is 11.3 Å². The molecule has 0 saturated heterocycles. The zero-order valence-electron chi connectivity index (χ0n) is 12.3. The van der Waals surface area contributed by atoms with Crippen LogP contribution in [0.4, 0.5) is 0 Å². The van der Waals surface area contributed by atoms with Crippen molar-refractivity contribution < 1.29 is 14.7 Å². The number of thiophene rings is 1. The number of aryl methyl sites for hydroxylation is 2. The van der Waals surface area contributed by atoms with Gasteiger partial charge in [0.15, 0.2) is 0 Å². The fraction of sp³-hybridized carbons (Fsp3) is 0.500. The second kappa shape index (κ2) is 6.26. The maximum atomic E-state index is 12.1. The average Bonchev–Trinajstić information content (AvgIpc) is 2.97. The summed E-state index contributed by atoms with van der Waals surface area (Å²) in [5.74, 6) is -1.28. The minimum Gasteiger partial charge on any atom is -0.481 e. The first-order valence-corrected chi connectivity index (χ1v) is 7.66. The van der Waals surface area contributed by atoms with Crippen molar-refractivity contribution in [1.82, 2.24) is 15.1 Å². The number of fused-ring (bicyclic) bond motifs is 1. The summed E-state index contributed by atoms with van der Waals surface area (Å²) in [5, 5.41) is 16.9. The molecule has 114 valence electrons.